The van der Waals surface area contributed by atoms with E-state index in [-0.39, 0.29) is 11.5 Å². The van der Waals surface area contributed by atoms with Gasteiger partial charge in [0.2, 0.25) is 0 Å². The molecule has 0 saturated carbocycles. The van der Waals surface area contributed by atoms with Gasteiger partial charge in [-0.1, -0.05) is 49.7 Å². The van der Waals surface area contributed by atoms with Crippen molar-refractivity contribution in [3.05, 3.63) is 59.7 Å². The van der Waals surface area contributed by atoms with Crippen LogP contribution in [0.15, 0.2) is 48.5 Å². The van der Waals surface area contributed by atoms with Crippen LogP contribution in [0.4, 0.5) is 0 Å². The minimum Gasteiger partial charge on any atom is -0.508 e. The monoisotopic (exact) mass is 302 g/mol. The van der Waals surface area contributed by atoms with Crippen LogP contribution in [-0.2, 0) is 5.41 Å². The Hall–Kier alpha value is -2.04. The molecule has 1 unspecified atom stereocenters. The molecule has 0 saturated heterocycles. The van der Waals surface area contributed by atoms with Crippen molar-refractivity contribution in [3.63, 3.8) is 0 Å². The molecule has 22 heavy (non-hydrogen) atoms. The molecule has 0 aromatic heterocycles. The number of aliphatic hydroxyl groups excluding tert-OH is 2. The van der Waals surface area contributed by atoms with Gasteiger partial charge in [-0.3, -0.25) is 0 Å². The molecule has 2 rings (SSSR count). The van der Waals surface area contributed by atoms with Crippen LogP contribution in [0.1, 0.15) is 30.9 Å². The average molecular weight is 302 g/mol. The van der Waals surface area contributed by atoms with Crippen LogP contribution in [0.3, 0.4) is 0 Å². The molecule has 0 amide bonds. The molecule has 0 aliphatic rings. The summed E-state index contributed by atoms with van der Waals surface area (Å²) in [7, 11) is 0. The first-order valence-electron chi connectivity index (χ1n) is 7.43. The molecule has 0 fully saturated rings. The molecule has 2 aromatic rings. The van der Waals surface area contributed by atoms with E-state index in [0.29, 0.717) is 24.0 Å². The first kappa shape index (κ1) is 16.3. The van der Waals surface area contributed by atoms with Gasteiger partial charge in [0.25, 0.3) is 0 Å². The van der Waals surface area contributed by atoms with Gasteiger partial charge in [-0.05, 0) is 18.6 Å². The number of para-hydroxylation sites is 2. The SMILES string of the molecule is CCCC(c1ccccc1O)(c1ccccc1O)C(O)CO. The summed E-state index contributed by atoms with van der Waals surface area (Å²) in [6, 6.07) is 13.5. The maximum Gasteiger partial charge on any atom is 0.119 e. The van der Waals surface area contributed by atoms with Crippen molar-refractivity contribution < 1.29 is 20.4 Å². The van der Waals surface area contributed by atoms with Crippen LogP contribution in [0.25, 0.3) is 0 Å². The summed E-state index contributed by atoms with van der Waals surface area (Å²) in [5.41, 5.74) is -0.0694. The standard InChI is InChI=1S/C18H22O4/c1-2-11-18(17(22)12-19,13-7-3-5-9-15(13)20)14-8-4-6-10-16(14)21/h3-10,17,19-22H,2,11-12H2,1H3. The quantitative estimate of drug-likeness (QED) is 0.661. The predicted molar refractivity (Wildman–Crippen MR) is 85.0 cm³/mol. The number of hydrogen-bond acceptors (Lipinski definition) is 4. The Morgan fingerprint density at radius 1 is 0.909 bits per heavy atom. The Morgan fingerprint density at radius 2 is 1.36 bits per heavy atom. The largest absolute Gasteiger partial charge is 0.508 e. The van der Waals surface area contributed by atoms with Crippen LogP contribution in [0.2, 0.25) is 0 Å². The number of benzene rings is 2. The van der Waals surface area contributed by atoms with Gasteiger partial charge in [0.1, 0.15) is 11.5 Å². The van der Waals surface area contributed by atoms with Crippen molar-refractivity contribution >= 4 is 0 Å². The van der Waals surface area contributed by atoms with Crippen molar-refractivity contribution in [2.24, 2.45) is 0 Å². The lowest BCUT2D eigenvalue weighted by atomic mass is 9.67. The van der Waals surface area contributed by atoms with Gasteiger partial charge >= 0.3 is 0 Å². The molecule has 1 atom stereocenters. The van der Waals surface area contributed by atoms with Gasteiger partial charge in [-0.2, -0.15) is 0 Å². The molecule has 0 aliphatic heterocycles. The van der Waals surface area contributed by atoms with Crippen molar-refractivity contribution in [2.75, 3.05) is 6.61 Å². The molecule has 0 radical (unpaired) electrons. The maximum atomic E-state index is 10.6. The molecular weight excluding hydrogens is 280 g/mol. The topological polar surface area (TPSA) is 80.9 Å². The zero-order chi connectivity index (χ0) is 16.2. The fourth-order valence-corrected chi connectivity index (χ4v) is 3.19. The molecule has 4 heteroatoms. The maximum absolute atomic E-state index is 10.6. The van der Waals surface area contributed by atoms with Gasteiger partial charge in [0.05, 0.1) is 18.1 Å². The number of aliphatic hydroxyl groups is 2. The molecule has 4 nitrogen and oxygen atoms in total. The summed E-state index contributed by atoms with van der Waals surface area (Å²) in [5.74, 6) is 0.0680. The van der Waals surface area contributed by atoms with Crippen LogP contribution in [0, 0.1) is 0 Å². The molecule has 4 N–H and O–H groups in total. The van der Waals surface area contributed by atoms with Crippen LogP contribution < -0.4 is 0 Å². The number of aromatic hydroxyl groups is 2. The summed E-state index contributed by atoms with van der Waals surface area (Å²) in [6.45, 7) is 1.49. The highest BCUT2D eigenvalue weighted by Crippen LogP contribution is 2.46. The van der Waals surface area contributed by atoms with E-state index in [9.17, 15) is 20.4 Å². The highest BCUT2D eigenvalue weighted by Gasteiger charge is 2.43. The van der Waals surface area contributed by atoms with Crippen molar-refractivity contribution in [3.8, 4) is 11.5 Å². The van der Waals surface area contributed by atoms with E-state index in [4.69, 9.17) is 0 Å². The molecule has 0 heterocycles. The third kappa shape index (κ3) is 2.67. The van der Waals surface area contributed by atoms with Crippen molar-refractivity contribution in [1.82, 2.24) is 0 Å². The first-order chi connectivity index (χ1) is 10.6. The second-order valence-corrected chi connectivity index (χ2v) is 5.45. The number of phenolic OH excluding ortho intramolecular Hbond substituents is 2. The molecule has 0 spiro atoms. The lowest BCUT2D eigenvalue weighted by Crippen LogP contribution is -2.43. The normalized spacial score (nSPS) is 13.0. The van der Waals surface area contributed by atoms with Crippen LogP contribution in [0.5, 0.6) is 11.5 Å². The third-order valence-electron chi connectivity index (χ3n) is 4.16. The van der Waals surface area contributed by atoms with Gasteiger partial charge in [0, 0.05) is 11.1 Å². The fourth-order valence-electron chi connectivity index (χ4n) is 3.19. The fraction of sp³-hybridized carbons (Fsp3) is 0.333. The number of rotatable bonds is 6. The van der Waals surface area contributed by atoms with Crippen LogP contribution >= 0.6 is 0 Å². The Morgan fingerprint density at radius 3 is 1.73 bits per heavy atom. The minimum absolute atomic E-state index is 0.0340. The molecule has 0 bridgehead atoms. The molecule has 2 aromatic carbocycles. The molecule has 118 valence electrons. The Kier molecular flexibility index (Phi) is 5.06. The lowest BCUT2D eigenvalue weighted by molar-refractivity contribution is 0.0369. The second-order valence-electron chi connectivity index (χ2n) is 5.45. The van der Waals surface area contributed by atoms with E-state index >= 15 is 0 Å². The second kappa shape index (κ2) is 6.81. The smallest absolute Gasteiger partial charge is 0.119 e. The number of phenols is 2. The summed E-state index contributed by atoms with van der Waals surface area (Å²) in [5, 5.41) is 40.8. The average Bonchev–Trinajstić information content (AvgIpc) is 2.53. The van der Waals surface area contributed by atoms with Crippen molar-refractivity contribution in [2.45, 2.75) is 31.3 Å². The van der Waals surface area contributed by atoms with E-state index in [1.807, 2.05) is 6.92 Å². The number of hydrogen-bond donors (Lipinski definition) is 4. The molecule has 0 aliphatic carbocycles. The Labute approximate surface area is 130 Å². The summed E-state index contributed by atoms with van der Waals surface area (Å²) in [6.07, 6.45) is 0.0397. The van der Waals surface area contributed by atoms with Gasteiger partial charge in [0.15, 0.2) is 0 Å². The Balaban J connectivity index is 2.78. The van der Waals surface area contributed by atoms with E-state index in [1.165, 1.54) is 0 Å². The van der Waals surface area contributed by atoms with E-state index in [0.717, 1.165) is 0 Å². The highest BCUT2D eigenvalue weighted by atomic mass is 16.3. The van der Waals surface area contributed by atoms with Gasteiger partial charge in [-0.25, -0.2) is 0 Å². The van der Waals surface area contributed by atoms with Gasteiger partial charge < -0.3 is 20.4 Å². The van der Waals surface area contributed by atoms with E-state index < -0.39 is 18.1 Å². The van der Waals surface area contributed by atoms with E-state index in [1.54, 1.807) is 48.5 Å². The minimum atomic E-state index is -1.14. The third-order valence-corrected chi connectivity index (χ3v) is 4.16. The van der Waals surface area contributed by atoms with E-state index in [2.05, 4.69) is 0 Å². The zero-order valence-electron chi connectivity index (χ0n) is 12.6. The molecular formula is C18H22O4. The lowest BCUT2D eigenvalue weighted by Gasteiger charge is -2.39. The summed E-state index contributed by atoms with van der Waals surface area (Å²) < 4.78 is 0. The van der Waals surface area contributed by atoms with Crippen molar-refractivity contribution in [1.29, 1.82) is 0 Å². The zero-order valence-corrected chi connectivity index (χ0v) is 12.6. The summed E-state index contributed by atoms with van der Waals surface area (Å²) in [4.78, 5) is 0. The Bertz CT molecular complexity index is 578. The van der Waals surface area contributed by atoms with Gasteiger partial charge in [-0.15, -0.1) is 0 Å². The van der Waals surface area contributed by atoms with Crippen LogP contribution in [-0.4, -0.2) is 33.1 Å². The summed E-state index contributed by atoms with van der Waals surface area (Å²) >= 11 is 0. The highest BCUT2D eigenvalue weighted by molar-refractivity contribution is 5.52. The predicted octanol–water partition coefficient (Wildman–Crippen LogP) is 2.54. The first-order valence-corrected chi connectivity index (χ1v) is 7.43.